The van der Waals surface area contributed by atoms with Gasteiger partial charge in [-0.2, -0.15) is 0 Å². The van der Waals surface area contributed by atoms with Crippen LogP contribution in [0.4, 0.5) is 5.69 Å². The highest BCUT2D eigenvalue weighted by Crippen LogP contribution is 2.30. The van der Waals surface area contributed by atoms with Crippen LogP contribution in [0.5, 0.6) is 5.75 Å². The molecule has 35 heavy (non-hydrogen) atoms. The molecular formula is C25H34ClN3O5S. The number of amides is 2. The Morgan fingerprint density at radius 1 is 1.09 bits per heavy atom. The van der Waals surface area contributed by atoms with Crippen LogP contribution in [0.25, 0.3) is 0 Å². The van der Waals surface area contributed by atoms with Gasteiger partial charge in [0.15, 0.2) is 0 Å². The Kier molecular flexibility index (Phi) is 9.57. The summed E-state index contributed by atoms with van der Waals surface area (Å²) < 4.78 is 32.1. The third kappa shape index (κ3) is 8.14. The van der Waals surface area contributed by atoms with E-state index in [9.17, 15) is 18.0 Å². The smallest absolute Gasteiger partial charge is 0.244 e. The monoisotopic (exact) mass is 523 g/mol. The van der Waals surface area contributed by atoms with Crippen LogP contribution in [-0.2, 0) is 26.2 Å². The average molecular weight is 524 g/mol. The number of nitrogens with zero attached hydrogens (tertiary/aromatic N) is 2. The molecule has 2 aromatic rings. The number of ether oxygens (including phenoxy) is 1. The van der Waals surface area contributed by atoms with Crippen molar-refractivity contribution in [3.63, 3.8) is 0 Å². The SMILES string of the molecule is CCOc1ccccc1N(CC(=O)N(Cc1ccccc1Cl)[C@@H](C)C(=O)NC(C)(C)C)S(C)(=O)=O. The number of benzene rings is 2. The van der Waals surface area contributed by atoms with E-state index in [4.69, 9.17) is 16.3 Å². The van der Waals surface area contributed by atoms with E-state index in [2.05, 4.69) is 5.32 Å². The normalized spacial score (nSPS) is 12.5. The molecule has 1 N–H and O–H groups in total. The van der Waals surface area contributed by atoms with E-state index < -0.39 is 34.1 Å². The zero-order valence-electron chi connectivity index (χ0n) is 21.0. The quantitative estimate of drug-likeness (QED) is 0.510. The summed E-state index contributed by atoms with van der Waals surface area (Å²) in [6.07, 6.45) is 1.02. The number of hydrogen-bond acceptors (Lipinski definition) is 5. The second-order valence-corrected chi connectivity index (χ2v) is 11.5. The molecule has 0 aliphatic rings. The van der Waals surface area contributed by atoms with Gasteiger partial charge in [-0.3, -0.25) is 13.9 Å². The molecule has 2 amide bonds. The first kappa shape index (κ1) is 28.5. The molecule has 1 atom stereocenters. The van der Waals surface area contributed by atoms with Crippen LogP contribution in [-0.4, -0.2) is 56.1 Å². The van der Waals surface area contributed by atoms with Crippen molar-refractivity contribution >= 4 is 39.1 Å². The highest BCUT2D eigenvalue weighted by molar-refractivity contribution is 7.92. The van der Waals surface area contributed by atoms with E-state index >= 15 is 0 Å². The summed E-state index contributed by atoms with van der Waals surface area (Å²) in [4.78, 5) is 27.9. The number of hydrogen-bond donors (Lipinski definition) is 1. The van der Waals surface area contributed by atoms with Gasteiger partial charge >= 0.3 is 0 Å². The summed E-state index contributed by atoms with van der Waals surface area (Å²) in [7, 11) is -3.86. The first-order chi connectivity index (χ1) is 16.2. The predicted octanol–water partition coefficient (Wildman–Crippen LogP) is 3.84. The maximum Gasteiger partial charge on any atom is 0.244 e. The van der Waals surface area contributed by atoms with E-state index in [1.807, 2.05) is 20.8 Å². The molecule has 2 aromatic carbocycles. The van der Waals surface area contributed by atoms with Crippen LogP contribution >= 0.6 is 11.6 Å². The summed E-state index contributed by atoms with van der Waals surface area (Å²) in [6, 6.07) is 12.7. The van der Waals surface area contributed by atoms with Crippen LogP contribution in [0.1, 0.15) is 40.2 Å². The van der Waals surface area contributed by atoms with Gasteiger partial charge in [0, 0.05) is 17.1 Å². The fraction of sp³-hybridized carbons (Fsp3) is 0.440. The molecule has 0 saturated heterocycles. The Morgan fingerprint density at radius 3 is 2.26 bits per heavy atom. The lowest BCUT2D eigenvalue weighted by atomic mass is 10.1. The summed E-state index contributed by atoms with van der Waals surface area (Å²) in [6.45, 7) is 8.76. The minimum Gasteiger partial charge on any atom is -0.492 e. The molecule has 0 aromatic heterocycles. The standard InChI is InChI=1S/C25H34ClN3O5S/c1-7-34-22-15-11-10-14-21(22)29(35(6,32)33)17-23(30)28(16-19-12-8-9-13-20(19)26)18(2)24(31)27-25(3,4)5/h8-15,18H,7,16-17H2,1-6H3,(H,27,31)/t18-/m0/s1. The van der Waals surface area contributed by atoms with Crippen molar-refractivity contribution in [1.29, 1.82) is 0 Å². The summed E-state index contributed by atoms with van der Waals surface area (Å²) >= 11 is 6.33. The van der Waals surface area contributed by atoms with Crippen molar-refractivity contribution in [2.24, 2.45) is 0 Å². The van der Waals surface area contributed by atoms with Crippen molar-refractivity contribution in [3.05, 3.63) is 59.1 Å². The maximum absolute atomic E-state index is 13.6. The number of rotatable bonds is 10. The van der Waals surface area contributed by atoms with Gasteiger partial charge in [-0.1, -0.05) is 41.9 Å². The van der Waals surface area contributed by atoms with Gasteiger partial charge in [0.1, 0.15) is 18.3 Å². The molecule has 0 heterocycles. The molecule has 0 saturated carbocycles. The highest BCUT2D eigenvalue weighted by atomic mass is 35.5. The molecule has 0 spiro atoms. The molecule has 0 radical (unpaired) electrons. The zero-order valence-corrected chi connectivity index (χ0v) is 22.6. The van der Waals surface area contributed by atoms with Crippen molar-refractivity contribution in [1.82, 2.24) is 10.2 Å². The molecule has 0 aliphatic carbocycles. The van der Waals surface area contributed by atoms with Crippen molar-refractivity contribution < 1.29 is 22.7 Å². The summed E-state index contributed by atoms with van der Waals surface area (Å²) in [5.41, 5.74) is 0.368. The fourth-order valence-corrected chi connectivity index (χ4v) is 4.45. The van der Waals surface area contributed by atoms with Crippen LogP contribution in [0, 0.1) is 0 Å². The molecule has 10 heteroatoms. The second-order valence-electron chi connectivity index (χ2n) is 9.20. The van der Waals surface area contributed by atoms with E-state index in [0.717, 1.165) is 10.6 Å². The van der Waals surface area contributed by atoms with Gasteiger partial charge in [0.05, 0.1) is 18.6 Å². The second kappa shape index (κ2) is 11.8. The van der Waals surface area contributed by atoms with Crippen molar-refractivity contribution in [2.45, 2.75) is 52.7 Å². The lowest BCUT2D eigenvalue weighted by molar-refractivity contribution is -0.140. The Balaban J connectivity index is 2.47. The van der Waals surface area contributed by atoms with Crippen molar-refractivity contribution in [3.8, 4) is 5.75 Å². The molecule has 192 valence electrons. The largest absolute Gasteiger partial charge is 0.492 e. The van der Waals surface area contributed by atoms with Gasteiger partial charge in [-0.05, 0) is 58.4 Å². The first-order valence-corrected chi connectivity index (χ1v) is 13.5. The number of carbonyl (C=O) groups excluding carboxylic acids is 2. The number of nitrogens with one attached hydrogen (secondary N) is 1. The summed E-state index contributed by atoms with van der Waals surface area (Å²) in [5.74, 6) is -0.582. The topological polar surface area (TPSA) is 96.0 Å². The highest BCUT2D eigenvalue weighted by Gasteiger charge is 2.32. The van der Waals surface area contributed by atoms with Gasteiger partial charge in [-0.25, -0.2) is 8.42 Å². The molecule has 0 fully saturated rings. The lowest BCUT2D eigenvalue weighted by Gasteiger charge is -2.33. The average Bonchev–Trinajstić information content (AvgIpc) is 2.75. The molecule has 8 nitrogen and oxygen atoms in total. The van der Waals surface area contributed by atoms with Crippen LogP contribution in [0.2, 0.25) is 5.02 Å². The van der Waals surface area contributed by atoms with Gasteiger partial charge in [-0.15, -0.1) is 0 Å². The van der Waals surface area contributed by atoms with E-state index in [1.54, 1.807) is 62.4 Å². The Labute approximate surface area is 213 Å². The first-order valence-electron chi connectivity index (χ1n) is 11.3. The number of para-hydroxylation sites is 2. The Morgan fingerprint density at radius 2 is 1.69 bits per heavy atom. The van der Waals surface area contributed by atoms with E-state index in [1.165, 1.54) is 4.90 Å². The number of halogens is 1. The molecular weight excluding hydrogens is 490 g/mol. The van der Waals surface area contributed by atoms with Crippen molar-refractivity contribution in [2.75, 3.05) is 23.7 Å². The number of sulfonamides is 1. The molecule has 2 rings (SSSR count). The fourth-order valence-electron chi connectivity index (χ4n) is 3.40. The minimum absolute atomic E-state index is 0.0297. The van der Waals surface area contributed by atoms with E-state index in [-0.39, 0.29) is 18.1 Å². The molecule has 0 bridgehead atoms. The lowest BCUT2D eigenvalue weighted by Crippen LogP contribution is -2.54. The number of anilines is 1. The van der Waals surface area contributed by atoms with Gasteiger partial charge in [0.25, 0.3) is 0 Å². The zero-order chi connectivity index (χ0) is 26.4. The molecule has 0 unspecified atom stereocenters. The number of carbonyl (C=O) groups is 2. The van der Waals surface area contributed by atoms with E-state index in [0.29, 0.717) is 22.9 Å². The Bertz CT molecular complexity index is 1150. The Hall–Kier alpha value is -2.78. The minimum atomic E-state index is -3.86. The predicted molar refractivity (Wildman–Crippen MR) is 139 cm³/mol. The van der Waals surface area contributed by atoms with Gasteiger partial charge in [0.2, 0.25) is 21.8 Å². The third-order valence-electron chi connectivity index (χ3n) is 5.08. The van der Waals surface area contributed by atoms with Gasteiger partial charge < -0.3 is 15.0 Å². The maximum atomic E-state index is 13.6. The molecule has 0 aliphatic heterocycles. The van der Waals surface area contributed by atoms with Crippen LogP contribution in [0.15, 0.2) is 48.5 Å². The van der Waals surface area contributed by atoms with Crippen LogP contribution in [0.3, 0.4) is 0 Å². The third-order valence-corrected chi connectivity index (χ3v) is 6.57. The van der Waals surface area contributed by atoms with Crippen LogP contribution < -0.4 is 14.4 Å². The summed E-state index contributed by atoms with van der Waals surface area (Å²) in [5, 5.41) is 3.32.